The van der Waals surface area contributed by atoms with Crippen molar-refractivity contribution in [1.82, 2.24) is 5.48 Å². The van der Waals surface area contributed by atoms with Gasteiger partial charge in [-0.25, -0.2) is 5.48 Å². The minimum absolute atomic E-state index is 0.0112. The maximum absolute atomic E-state index is 11.2. The first-order valence-electron chi connectivity index (χ1n) is 9.93. The SMILES string of the molecule is CCC(CC)(c1ccc(OCCO)c(C)c1)c1ccc(OCC(=O)NO)c(C)c1. The molecular formula is C23H31NO5. The minimum Gasteiger partial charge on any atom is -0.491 e. The van der Waals surface area contributed by atoms with Crippen LogP contribution < -0.4 is 15.0 Å². The molecule has 2 aromatic rings. The van der Waals surface area contributed by atoms with Gasteiger partial charge in [0.1, 0.15) is 18.1 Å². The van der Waals surface area contributed by atoms with Crippen LogP contribution in [0.1, 0.15) is 48.9 Å². The first-order valence-corrected chi connectivity index (χ1v) is 9.93. The third kappa shape index (κ3) is 5.08. The predicted octanol–water partition coefficient (Wildman–Crippen LogP) is 3.66. The van der Waals surface area contributed by atoms with Crippen molar-refractivity contribution in [2.24, 2.45) is 0 Å². The van der Waals surface area contributed by atoms with Crippen LogP contribution in [0.15, 0.2) is 36.4 Å². The Labute approximate surface area is 172 Å². The van der Waals surface area contributed by atoms with Crippen LogP contribution in [-0.2, 0) is 10.2 Å². The Morgan fingerprint density at radius 3 is 1.90 bits per heavy atom. The number of carbonyl (C=O) groups is 1. The Kier molecular flexibility index (Phi) is 8.05. The molecule has 6 nitrogen and oxygen atoms in total. The molecular weight excluding hydrogens is 370 g/mol. The molecule has 3 N–H and O–H groups in total. The van der Waals surface area contributed by atoms with Gasteiger partial charge in [0.2, 0.25) is 0 Å². The van der Waals surface area contributed by atoms with Crippen LogP contribution in [0.25, 0.3) is 0 Å². The number of nitrogens with one attached hydrogen (secondary N) is 1. The second-order valence-corrected chi connectivity index (χ2v) is 7.15. The maximum atomic E-state index is 11.2. The fourth-order valence-corrected chi connectivity index (χ4v) is 3.78. The lowest BCUT2D eigenvalue weighted by molar-refractivity contribution is -0.131. The highest BCUT2D eigenvalue weighted by molar-refractivity contribution is 5.76. The summed E-state index contributed by atoms with van der Waals surface area (Å²) in [6.45, 7) is 8.35. The van der Waals surface area contributed by atoms with E-state index in [9.17, 15) is 4.79 Å². The predicted molar refractivity (Wildman–Crippen MR) is 112 cm³/mol. The van der Waals surface area contributed by atoms with Crippen molar-refractivity contribution in [3.63, 3.8) is 0 Å². The van der Waals surface area contributed by atoms with Crippen molar-refractivity contribution in [1.29, 1.82) is 0 Å². The van der Waals surface area contributed by atoms with E-state index in [0.717, 1.165) is 29.7 Å². The van der Waals surface area contributed by atoms with E-state index in [4.69, 9.17) is 19.8 Å². The molecule has 158 valence electrons. The summed E-state index contributed by atoms with van der Waals surface area (Å²) in [5, 5.41) is 17.6. The van der Waals surface area contributed by atoms with Gasteiger partial charge in [0.05, 0.1) is 6.61 Å². The summed E-state index contributed by atoms with van der Waals surface area (Å²) < 4.78 is 11.1. The molecule has 0 saturated heterocycles. The Hall–Kier alpha value is -2.57. The summed E-state index contributed by atoms with van der Waals surface area (Å²) in [6, 6.07) is 12.2. The number of aliphatic hydroxyl groups excluding tert-OH is 1. The first kappa shape index (κ1) is 22.7. The quantitative estimate of drug-likeness (QED) is 0.418. The Bertz CT molecular complexity index is 830. The number of carbonyl (C=O) groups excluding carboxylic acids is 1. The molecule has 0 aromatic heterocycles. The van der Waals surface area contributed by atoms with Crippen molar-refractivity contribution in [2.45, 2.75) is 46.0 Å². The number of amides is 1. The van der Waals surface area contributed by atoms with Gasteiger partial charge in [-0.1, -0.05) is 38.1 Å². The van der Waals surface area contributed by atoms with E-state index in [2.05, 4.69) is 32.0 Å². The van der Waals surface area contributed by atoms with Gasteiger partial charge < -0.3 is 14.6 Å². The largest absolute Gasteiger partial charge is 0.491 e. The summed E-state index contributed by atoms with van der Waals surface area (Å²) in [5.74, 6) is 0.803. The van der Waals surface area contributed by atoms with Gasteiger partial charge in [0, 0.05) is 5.41 Å². The van der Waals surface area contributed by atoms with Gasteiger partial charge in [0.15, 0.2) is 6.61 Å². The monoisotopic (exact) mass is 401 g/mol. The number of hydrogen-bond donors (Lipinski definition) is 3. The van der Waals surface area contributed by atoms with E-state index in [1.807, 2.05) is 32.0 Å². The van der Waals surface area contributed by atoms with Gasteiger partial charge in [-0.05, 0) is 61.1 Å². The lowest BCUT2D eigenvalue weighted by atomic mass is 9.70. The Morgan fingerprint density at radius 1 is 0.966 bits per heavy atom. The molecule has 0 unspecified atom stereocenters. The standard InChI is InChI=1S/C23H31NO5/c1-5-23(6-2,18-7-9-20(16(3)13-18)28-12-11-25)19-8-10-21(17(4)14-19)29-15-22(26)24-27/h7-10,13-14,25,27H,5-6,11-12,15H2,1-4H3,(H,24,26). The zero-order valence-corrected chi connectivity index (χ0v) is 17.6. The summed E-state index contributed by atoms with van der Waals surface area (Å²) in [7, 11) is 0. The molecule has 29 heavy (non-hydrogen) atoms. The normalized spacial score (nSPS) is 11.2. The molecule has 0 radical (unpaired) electrons. The van der Waals surface area contributed by atoms with Crippen LogP contribution in [0, 0.1) is 13.8 Å². The third-order valence-electron chi connectivity index (χ3n) is 5.49. The average molecular weight is 402 g/mol. The Balaban J connectivity index is 2.38. The first-order chi connectivity index (χ1) is 13.9. The number of hydroxylamine groups is 1. The highest BCUT2D eigenvalue weighted by Gasteiger charge is 2.31. The molecule has 0 aliphatic heterocycles. The van der Waals surface area contributed by atoms with E-state index in [0.29, 0.717) is 5.75 Å². The molecule has 1 amide bonds. The summed E-state index contributed by atoms with van der Waals surface area (Å²) >= 11 is 0. The molecule has 6 heteroatoms. The highest BCUT2D eigenvalue weighted by Crippen LogP contribution is 2.41. The van der Waals surface area contributed by atoms with Crippen molar-refractivity contribution in [3.05, 3.63) is 58.7 Å². The van der Waals surface area contributed by atoms with Crippen molar-refractivity contribution in [3.8, 4) is 11.5 Å². The molecule has 0 atom stereocenters. The topological polar surface area (TPSA) is 88.0 Å². The number of benzene rings is 2. The third-order valence-corrected chi connectivity index (χ3v) is 5.49. The highest BCUT2D eigenvalue weighted by atomic mass is 16.5. The molecule has 2 aromatic carbocycles. The van der Waals surface area contributed by atoms with Crippen LogP contribution in [0.2, 0.25) is 0 Å². The Morgan fingerprint density at radius 2 is 1.48 bits per heavy atom. The summed E-state index contributed by atoms with van der Waals surface area (Å²) in [4.78, 5) is 11.2. The lowest BCUT2D eigenvalue weighted by Gasteiger charge is -2.34. The zero-order valence-electron chi connectivity index (χ0n) is 17.6. The number of aryl methyl sites for hydroxylation is 2. The molecule has 0 aliphatic rings. The van der Waals surface area contributed by atoms with Crippen molar-refractivity contribution >= 4 is 5.91 Å². The number of ether oxygens (including phenoxy) is 2. The summed E-state index contributed by atoms with van der Waals surface area (Å²) in [5.41, 5.74) is 5.76. The molecule has 0 fully saturated rings. The van der Waals surface area contributed by atoms with E-state index < -0.39 is 5.91 Å². The van der Waals surface area contributed by atoms with E-state index >= 15 is 0 Å². The smallest absolute Gasteiger partial charge is 0.281 e. The molecule has 0 bridgehead atoms. The van der Waals surface area contributed by atoms with Crippen LogP contribution >= 0.6 is 0 Å². The zero-order chi connectivity index (χ0) is 21.4. The fourth-order valence-electron chi connectivity index (χ4n) is 3.78. The second-order valence-electron chi connectivity index (χ2n) is 7.15. The van der Waals surface area contributed by atoms with Crippen molar-refractivity contribution in [2.75, 3.05) is 19.8 Å². The van der Waals surface area contributed by atoms with E-state index in [-0.39, 0.29) is 25.2 Å². The molecule has 0 saturated carbocycles. The maximum Gasteiger partial charge on any atom is 0.281 e. The van der Waals surface area contributed by atoms with E-state index in [1.165, 1.54) is 11.1 Å². The fraction of sp³-hybridized carbons (Fsp3) is 0.435. The molecule has 2 rings (SSSR count). The minimum atomic E-state index is -0.594. The van der Waals surface area contributed by atoms with Crippen LogP contribution in [0.4, 0.5) is 0 Å². The van der Waals surface area contributed by atoms with Crippen LogP contribution in [-0.4, -0.2) is 36.0 Å². The second kappa shape index (κ2) is 10.3. The van der Waals surface area contributed by atoms with Crippen LogP contribution in [0.3, 0.4) is 0 Å². The van der Waals surface area contributed by atoms with Crippen molar-refractivity contribution < 1.29 is 24.6 Å². The van der Waals surface area contributed by atoms with Gasteiger partial charge in [0.25, 0.3) is 5.91 Å². The van der Waals surface area contributed by atoms with Gasteiger partial charge in [-0.2, -0.15) is 0 Å². The summed E-state index contributed by atoms with van der Waals surface area (Å²) in [6.07, 6.45) is 1.85. The molecule has 0 aliphatic carbocycles. The lowest BCUT2D eigenvalue weighted by Crippen LogP contribution is -2.27. The van der Waals surface area contributed by atoms with Gasteiger partial charge >= 0.3 is 0 Å². The number of aliphatic hydroxyl groups is 1. The number of hydrogen-bond acceptors (Lipinski definition) is 5. The average Bonchev–Trinajstić information content (AvgIpc) is 2.73. The van der Waals surface area contributed by atoms with E-state index in [1.54, 1.807) is 5.48 Å². The number of rotatable bonds is 10. The van der Waals surface area contributed by atoms with Gasteiger partial charge in [-0.15, -0.1) is 0 Å². The molecule has 0 heterocycles. The van der Waals surface area contributed by atoms with Crippen LogP contribution in [0.5, 0.6) is 11.5 Å². The molecule has 0 spiro atoms. The van der Waals surface area contributed by atoms with Gasteiger partial charge in [-0.3, -0.25) is 10.0 Å².